The third-order valence-electron chi connectivity index (χ3n) is 4.18. The maximum atomic E-state index is 12.8. The molecule has 1 amide bonds. The fourth-order valence-electron chi connectivity index (χ4n) is 2.76. The number of nitrogens with zero attached hydrogens (tertiary/aromatic N) is 1. The fraction of sp³-hybridized carbons (Fsp3) is 0.500. The molecule has 0 aromatic heterocycles. The molecular formula is C16H19F2N3O2. The number of nitrogens with two attached hydrogens (primary N) is 1. The van der Waals surface area contributed by atoms with Crippen LogP contribution in [-0.4, -0.2) is 30.5 Å². The lowest BCUT2D eigenvalue weighted by Gasteiger charge is -2.33. The number of carbonyl (C=O) groups is 1. The SMILES string of the molecule is NC1=NC(CCc2ccc(NC(=O)C3CC(F)(F)C3)cc2)CO1. The standard InChI is InChI=1S/C16H19F2N3O2/c17-16(18)7-11(8-16)14(22)20-12-4-1-10(2-5-12)3-6-13-9-23-15(19)21-13/h1-2,4-5,11,13H,3,6-9H2,(H2,19,21)(H,20,22). The monoisotopic (exact) mass is 323 g/mol. The molecule has 5 nitrogen and oxygen atoms in total. The quantitative estimate of drug-likeness (QED) is 0.873. The summed E-state index contributed by atoms with van der Waals surface area (Å²) >= 11 is 0. The number of amidine groups is 1. The maximum absolute atomic E-state index is 12.8. The number of nitrogens with one attached hydrogen (secondary N) is 1. The van der Waals surface area contributed by atoms with Gasteiger partial charge in [0.05, 0.1) is 6.04 Å². The molecule has 1 unspecified atom stereocenters. The van der Waals surface area contributed by atoms with Crippen molar-refractivity contribution in [1.82, 2.24) is 0 Å². The van der Waals surface area contributed by atoms with Gasteiger partial charge in [-0.3, -0.25) is 4.79 Å². The minimum absolute atomic E-state index is 0.0923. The summed E-state index contributed by atoms with van der Waals surface area (Å²) in [6.45, 7) is 0.520. The average molecular weight is 323 g/mol. The van der Waals surface area contributed by atoms with Gasteiger partial charge >= 0.3 is 0 Å². The van der Waals surface area contributed by atoms with Crippen molar-refractivity contribution in [2.45, 2.75) is 37.6 Å². The van der Waals surface area contributed by atoms with Gasteiger partial charge in [-0.05, 0) is 30.5 Å². The van der Waals surface area contributed by atoms with Gasteiger partial charge in [-0.1, -0.05) is 12.1 Å². The van der Waals surface area contributed by atoms with E-state index in [0.717, 1.165) is 18.4 Å². The number of ether oxygens (including phenoxy) is 1. The Hall–Kier alpha value is -2.18. The lowest BCUT2D eigenvalue weighted by molar-refractivity contribution is -0.145. The number of amides is 1. The first-order valence-electron chi connectivity index (χ1n) is 7.65. The van der Waals surface area contributed by atoms with E-state index in [1.54, 1.807) is 12.1 Å². The van der Waals surface area contributed by atoms with E-state index in [2.05, 4.69) is 10.3 Å². The Morgan fingerprint density at radius 3 is 2.61 bits per heavy atom. The van der Waals surface area contributed by atoms with Crippen LogP contribution in [0.15, 0.2) is 29.3 Å². The highest BCUT2D eigenvalue weighted by atomic mass is 19.3. The number of carbonyl (C=O) groups excluding carboxylic acids is 1. The Labute approximate surface area is 132 Å². The number of aliphatic imine (C=N–C) groups is 1. The Morgan fingerprint density at radius 2 is 2.04 bits per heavy atom. The number of rotatable bonds is 5. The second-order valence-corrected chi connectivity index (χ2v) is 6.12. The van der Waals surface area contributed by atoms with Crippen LogP contribution in [0.1, 0.15) is 24.8 Å². The van der Waals surface area contributed by atoms with Crippen LogP contribution >= 0.6 is 0 Å². The molecule has 3 N–H and O–H groups in total. The molecule has 1 aliphatic carbocycles. The molecule has 124 valence electrons. The summed E-state index contributed by atoms with van der Waals surface area (Å²) in [6.07, 6.45) is 0.950. The predicted molar refractivity (Wildman–Crippen MR) is 82.4 cm³/mol. The molecule has 1 heterocycles. The largest absolute Gasteiger partial charge is 0.463 e. The zero-order chi connectivity index (χ0) is 16.4. The van der Waals surface area contributed by atoms with Gasteiger partial charge in [0.15, 0.2) is 0 Å². The van der Waals surface area contributed by atoms with E-state index in [1.165, 1.54) is 0 Å². The van der Waals surface area contributed by atoms with E-state index in [1.807, 2.05) is 12.1 Å². The topological polar surface area (TPSA) is 76.7 Å². The van der Waals surface area contributed by atoms with Crippen LogP contribution in [0.4, 0.5) is 14.5 Å². The number of hydrogen-bond donors (Lipinski definition) is 2. The highest BCUT2D eigenvalue weighted by Crippen LogP contribution is 2.42. The molecule has 1 aromatic rings. The number of benzene rings is 1. The third-order valence-corrected chi connectivity index (χ3v) is 4.18. The van der Waals surface area contributed by atoms with Gasteiger partial charge in [0.25, 0.3) is 6.02 Å². The highest BCUT2D eigenvalue weighted by molar-refractivity contribution is 5.93. The normalized spacial score (nSPS) is 22.9. The van der Waals surface area contributed by atoms with Crippen LogP contribution in [0.3, 0.4) is 0 Å². The van der Waals surface area contributed by atoms with Crippen LogP contribution in [0.5, 0.6) is 0 Å². The zero-order valence-electron chi connectivity index (χ0n) is 12.6. The Morgan fingerprint density at radius 1 is 1.35 bits per heavy atom. The van der Waals surface area contributed by atoms with Crippen molar-refractivity contribution in [2.24, 2.45) is 16.6 Å². The molecule has 7 heteroatoms. The van der Waals surface area contributed by atoms with Gasteiger partial charge in [-0.2, -0.15) is 0 Å². The molecule has 1 atom stereocenters. The second kappa shape index (κ2) is 6.14. The van der Waals surface area contributed by atoms with Gasteiger partial charge in [0, 0.05) is 24.4 Å². The summed E-state index contributed by atoms with van der Waals surface area (Å²) in [6, 6.07) is 7.73. The van der Waals surface area contributed by atoms with Crippen LogP contribution in [0.25, 0.3) is 0 Å². The molecule has 1 saturated carbocycles. The predicted octanol–water partition coefficient (Wildman–Crippen LogP) is 2.32. The second-order valence-electron chi connectivity index (χ2n) is 6.12. The van der Waals surface area contributed by atoms with Crippen molar-refractivity contribution in [3.63, 3.8) is 0 Å². The van der Waals surface area contributed by atoms with Crippen LogP contribution in [0.2, 0.25) is 0 Å². The third kappa shape index (κ3) is 3.97. The van der Waals surface area contributed by atoms with Gasteiger partial charge in [0.1, 0.15) is 6.61 Å². The summed E-state index contributed by atoms with van der Waals surface area (Å²) in [7, 11) is 0. The van der Waals surface area contributed by atoms with E-state index in [4.69, 9.17) is 10.5 Å². The molecule has 0 spiro atoms. The van der Waals surface area contributed by atoms with Gasteiger partial charge in [-0.25, -0.2) is 13.8 Å². The van der Waals surface area contributed by atoms with Crippen molar-refractivity contribution in [1.29, 1.82) is 0 Å². The fourth-order valence-corrected chi connectivity index (χ4v) is 2.76. The molecule has 1 fully saturated rings. The smallest absolute Gasteiger partial charge is 0.282 e. The lowest BCUT2D eigenvalue weighted by atomic mass is 9.81. The molecule has 1 aliphatic heterocycles. The number of aryl methyl sites for hydroxylation is 1. The first-order chi connectivity index (χ1) is 10.9. The minimum Gasteiger partial charge on any atom is -0.463 e. The Kier molecular flexibility index (Phi) is 4.19. The van der Waals surface area contributed by atoms with E-state index < -0.39 is 11.8 Å². The van der Waals surface area contributed by atoms with Crippen molar-refractivity contribution in [2.75, 3.05) is 11.9 Å². The number of anilines is 1. The maximum Gasteiger partial charge on any atom is 0.282 e. The van der Waals surface area contributed by atoms with Crippen molar-refractivity contribution in [3.05, 3.63) is 29.8 Å². The van der Waals surface area contributed by atoms with Crippen LogP contribution in [0, 0.1) is 5.92 Å². The average Bonchev–Trinajstić information content (AvgIpc) is 2.89. The van der Waals surface area contributed by atoms with E-state index in [0.29, 0.717) is 12.3 Å². The molecule has 0 saturated heterocycles. The van der Waals surface area contributed by atoms with Crippen molar-refractivity contribution in [3.8, 4) is 0 Å². The highest BCUT2D eigenvalue weighted by Gasteiger charge is 2.48. The molecule has 1 aromatic carbocycles. The van der Waals surface area contributed by atoms with Crippen LogP contribution in [-0.2, 0) is 16.0 Å². The Bertz CT molecular complexity index is 608. The summed E-state index contributed by atoms with van der Waals surface area (Å²) in [4.78, 5) is 16.0. The van der Waals surface area contributed by atoms with E-state index >= 15 is 0 Å². The molecular weight excluding hydrogens is 304 g/mol. The van der Waals surface area contributed by atoms with Gasteiger partial charge in [0.2, 0.25) is 11.8 Å². The summed E-state index contributed by atoms with van der Waals surface area (Å²) < 4.78 is 30.6. The van der Waals surface area contributed by atoms with Crippen LogP contribution < -0.4 is 11.1 Å². The van der Waals surface area contributed by atoms with Gasteiger partial charge in [-0.15, -0.1) is 0 Å². The number of alkyl halides is 2. The minimum atomic E-state index is -2.68. The first kappa shape index (κ1) is 15.7. The molecule has 0 radical (unpaired) electrons. The molecule has 0 bridgehead atoms. The summed E-state index contributed by atoms with van der Waals surface area (Å²) in [5.74, 6) is -3.60. The van der Waals surface area contributed by atoms with Crippen molar-refractivity contribution >= 4 is 17.6 Å². The first-order valence-corrected chi connectivity index (χ1v) is 7.65. The molecule has 2 aliphatic rings. The number of hydrogen-bond acceptors (Lipinski definition) is 4. The molecule has 3 rings (SSSR count). The Balaban J connectivity index is 1.46. The zero-order valence-corrected chi connectivity index (χ0v) is 12.6. The van der Waals surface area contributed by atoms with Crippen molar-refractivity contribution < 1.29 is 18.3 Å². The summed E-state index contributed by atoms with van der Waals surface area (Å²) in [5, 5.41) is 2.68. The van der Waals surface area contributed by atoms with Gasteiger partial charge < -0.3 is 15.8 Å². The molecule has 23 heavy (non-hydrogen) atoms. The lowest BCUT2D eigenvalue weighted by Crippen LogP contribution is -2.42. The summed E-state index contributed by atoms with van der Waals surface area (Å²) in [5.41, 5.74) is 7.19. The van der Waals surface area contributed by atoms with E-state index in [-0.39, 0.29) is 30.8 Å². The van der Waals surface area contributed by atoms with E-state index in [9.17, 15) is 13.6 Å². The number of halogens is 2.